The highest BCUT2D eigenvalue weighted by molar-refractivity contribution is 5.83. The van der Waals surface area contributed by atoms with Crippen LogP contribution >= 0.6 is 0 Å². The molecule has 0 bridgehead atoms. The van der Waals surface area contributed by atoms with Gasteiger partial charge in [0.15, 0.2) is 11.7 Å². The first-order valence-corrected chi connectivity index (χ1v) is 10.2. The second-order valence-electron chi connectivity index (χ2n) is 7.46. The summed E-state index contributed by atoms with van der Waals surface area (Å²) in [6.45, 7) is 8.04. The van der Waals surface area contributed by atoms with Crippen molar-refractivity contribution < 1.29 is 28.5 Å². The van der Waals surface area contributed by atoms with E-state index in [0.29, 0.717) is 13.2 Å². The Bertz CT molecular complexity index is 868. The maximum Gasteiger partial charge on any atom is 0.341 e. The predicted octanol–water partition coefficient (Wildman–Crippen LogP) is 3.94. The zero-order valence-corrected chi connectivity index (χ0v) is 17.8. The molecule has 0 N–H and O–H groups in total. The van der Waals surface area contributed by atoms with Gasteiger partial charge in [0.05, 0.1) is 13.2 Å². The average Bonchev–Trinajstić information content (AvgIpc) is 3.66. The molecule has 4 atom stereocenters. The second kappa shape index (κ2) is 8.98. The van der Waals surface area contributed by atoms with Crippen LogP contribution in [-0.2, 0) is 34.1 Å². The molecule has 0 amide bonds. The molecular formula is C24H28O6. The van der Waals surface area contributed by atoms with Gasteiger partial charge in [-0.2, -0.15) is 0 Å². The highest BCUT2D eigenvalue weighted by Crippen LogP contribution is 2.50. The summed E-state index contributed by atoms with van der Waals surface area (Å²) < 4.78 is 20.7. The van der Waals surface area contributed by atoms with Crippen LogP contribution < -0.4 is 0 Å². The summed E-state index contributed by atoms with van der Waals surface area (Å²) in [7, 11) is 0. The predicted molar refractivity (Wildman–Crippen MR) is 111 cm³/mol. The fraction of sp³-hybridized carbons (Fsp3) is 0.417. The van der Waals surface area contributed by atoms with Gasteiger partial charge in [0.1, 0.15) is 11.7 Å². The number of esters is 2. The van der Waals surface area contributed by atoms with Crippen molar-refractivity contribution in [3.05, 3.63) is 71.8 Å². The van der Waals surface area contributed by atoms with E-state index < -0.39 is 17.3 Å². The molecule has 30 heavy (non-hydrogen) atoms. The minimum absolute atomic E-state index is 0.155. The lowest BCUT2D eigenvalue weighted by Crippen LogP contribution is -2.24. The van der Waals surface area contributed by atoms with Gasteiger partial charge >= 0.3 is 11.9 Å². The lowest BCUT2D eigenvalue weighted by molar-refractivity contribution is -0.148. The van der Waals surface area contributed by atoms with Crippen LogP contribution in [0, 0.1) is 0 Å². The lowest BCUT2D eigenvalue weighted by atomic mass is 9.97. The van der Waals surface area contributed by atoms with Crippen molar-refractivity contribution in [2.45, 2.75) is 51.1 Å². The molecule has 160 valence electrons. The molecule has 2 fully saturated rings. The number of hydrogen-bond acceptors (Lipinski definition) is 6. The SMILES string of the molecule is CCOC(=O)C1(C)OC1c1ccccc1.CCOC(=O)C1OC1(C)c1ccccc1. The largest absolute Gasteiger partial charge is 0.464 e. The summed E-state index contributed by atoms with van der Waals surface area (Å²) in [5.74, 6) is -0.553. The summed E-state index contributed by atoms with van der Waals surface area (Å²) in [4.78, 5) is 23.0. The van der Waals surface area contributed by atoms with Crippen molar-refractivity contribution in [2.24, 2.45) is 0 Å². The molecule has 4 unspecified atom stereocenters. The minimum atomic E-state index is -0.780. The van der Waals surface area contributed by atoms with Crippen LogP contribution in [-0.4, -0.2) is 36.9 Å². The molecule has 2 aromatic rings. The Hall–Kier alpha value is -2.70. The highest BCUT2D eigenvalue weighted by Gasteiger charge is 2.60. The first-order chi connectivity index (χ1) is 14.4. The fourth-order valence-corrected chi connectivity index (χ4v) is 3.34. The molecule has 4 rings (SSSR count). The number of benzene rings is 2. The van der Waals surface area contributed by atoms with Crippen LogP contribution in [0.3, 0.4) is 0 Å². The van der Waals surface area contributed by atoms with Crippen LogP contribution in [0.2, 0.25) is 0 Å². The van der Waals surface area contributed by atoms with Gasteiger partial charge in [0, 0.05) is 0 Å². The molecule has 2 aromatic carbocycles. The summed E-state index contributed by atoms with van der Waals surface area (Å²) in [6, 6.07) is 19.4. The number of ether oxygens (including phenoxy) is 4. The van der Waals surface area contributed by atoms with E-state index in [-0.39, 0.29) is 18.0 Å². The van der Waals surface area contributed by atoms with Crippen molar-refractivity contribution in [1.82, 2.24) is 0 Å². The van der Waals surface area contributed by atoms with Gasteiger partial charge in [-0.1, -0.05) is 60.7 Å². The number of rotatable bonds is 6. The van der Waals surface area contributed by atoms with E-state index >= 15 is 0 Å². The molecule has 0 radical (unpaired) electrons. The Morgan fingerprint density at radius 1 is 0.867 bits per heavy atom. The zero-order valence-electron chi connectivity index (χ0n) is 17.8. The third kappa shape index (κ3) is 4.55. The van der Waals surface area contributed by atoms with Crippen LogP contribution in [0.5, 0.6) is 0 Å². The summed E-state index contributed by atoms with van der Waals surface area (Å²) >= 11 is 0. The van der Waals surface area contributed by atoms with Gasteiger partial charge in [-0.3, -0.25) is 0 Å². The topological polar surface area (TPSA) is 77.7 Å². The van der Waals surface area contributed by atoms with Crippen molar-refractivity contribution in [3.8, 4) is 0 Å². The molecule has 2 aliphatic heterocycles. The number of carbonyl (C=O) groups is 2. The Kier molecular flexibility index (Phi) is 6.58. The van der Waals surface area contributed by atoms with E-state index in [1.54, 1.807) is 20.8 Å². The van der Waals surface area contributed by atoms with Crippen LogP contribution in [0.1, 0.15) is 44.9 Å². The minimum Gasteiger partial charge on any atom is -0.464 e. The van der Waals surface area contributed by atoms with E-state index in [1.165, 1.54) is 0 Å². The fourth-order valence-electron chi connectivity index (χ4n) is 3.34. The van der Waals surface area contributed by atoms with E-state index in [4.69, 9.17) is 18.9 Å². The first-order valence-electron chi connectivity index (χ1n) is 10.2. The third-order valence-electron chi connectivity index (χ3n) is 5.24. The monoisotopic (exact) mass is 412 g/mol. The maximum atomic E-state index is 11.6. The Balaban J connectivity index is 0.000000171. The Morgan fingerprint density at radius 2 is 1.43 bits per heavy atom. The Morgan fingerprint density at radius 3 is 2.00 bits per heavy atom. The molecule has 0 aliphatic carbocycles. The molecule has 0 aromatic heterocycles. The summed E-state index contributed by atoms with van der Waals surface area (Å²) in [6.07, 6.45) is -0.599. The smallest absolute Gasteiger partial charge is 0.341 e. The number of hydrogen-bond donors (Lipinski definition) is 0. The highest BCUT2D eigenvalue weighted by atomic mass is 16.7. The van der Waals surface area contributed by atoms with Gasteiger partial charge in [-0.15, -0.1) is 0 Å². The van der Waals surface area contributed by atoms with Crippen LogP contribution in [0.25, 0.3) is 0 Å². The summed E-state index contributed by atoms with van der Waals surface area (Å²) in [5.41, 5.74) is 0.765. The maximum absolute atomic E-state index is 11.6. The zero-order chi connectivity index (χ0) is 21.8. The van der Waals surface area contributed by atoms with Gasteiger partial charge in [0.25, 0.3) is 0 Å². The third-order valence-corrected chi connectivity index (χ3v) is 5.24. The molecule has 6 nitrogen and oxygen atoms in total. The lowest BCUT2D eigenvalue weighted by Gasteiger charge is -2.05. The molecule has 6 heteroatoms. The van der Waals surface area contributed by atoms with Crippen molar-refractivity contribution in [1.29, 1.82) is 0 Å². The van der Waals surface area contributed by atoms with Gasteiger partial charge in [0.2, 0.25) is 0 Å². The van der Waals surface area contributed by atoms with Crippen molar-refractivity contribution in [2.75, 3.05) is 13.2 Å². The molecule has 0 saturated carbocycles. The molecule has 2 heterocycles. The number of carbonyl (C=O) groups excluding carboxylic acids is 2. The van der Waals surface area contributed by atoms with E-state index in [0.717, 1.165) is 11.1 Å². The molecule has 2 aliphatic rings. The van der Waals surface area contributed by atoms with Gasteiger partial charge < -0.3 is 18.9 Å². The normalized spacial score (nSPS) is 28.5. The quantitative estimate of drug-likeness (QED) is 0.528. The van der Waals surface area contributed by atoms with Crippen LogP contribution in [0.15, 0.2) is 60.7 Å². The van der Waals surface area contributed by atoms with Crippen molar-refractivity contribution >= 4 is 11.9 Å². The molecule has 0 spiro atoms. The van der Waals surface area contributed by atoms with Crippen molar-refractivity contribution in [3.63, 3.8) is 0 Å². The number of epoxide rings is 2. The average molecular weight is 412 g/mol. The standard InChI is InChI=1S/2C12H14O3/c1-3-14-11(13)10-12(2,15-10)9-7-5-4-6-8-9;1-3-14-11(13)12(2)10(15-12)9-7-5-4-6-8-9/h2*4-8,10H,3H2,1-2H3. The van der Waals surface area contributed by atoms with Gasteiger partial charge in [-0.05, 0) is 38.8 Å². The van der Waals surface area contributed by atoms with Crippen LogP contribution in [0.4, 0.5) is 0 Å². The van der Waals surface area contributed by atoms with E-state index in [1.807, 2.05) is 67.6 Å². The van der Waals surface area contributed by atoms with Gasteiger partial charge in [-0.25, -0.2) is 9.59 Å². The molecule has 2 saturated heterocycles. The first kappa shape index (κ1) is 22.0. The second-order valence-corrected chi connectivity index (χ2v) is 7.46. The van der Waals surface area contributed by atoms with E-state index in [2.05, 4.69) is 0 Å². The molecular weight excluding hydrogens is 384 g/mol. The Labute approximate surface area is 177 Å². The van der Waals surface area contributed by atoms with E-state index in [9.17, 15) is 9.59 Å². The summed E-state index contributed by atoms with van der Waals surface area (Å²) in [5, 5.41) is 0.